The third-order valence-electron chi connectivity index (χ3n) is 5.23. The molecule has 0 saturated carbocycles. The zero-order valence-electron chi connectivity index (χ0n) is 18.2. The van der Waals surface area contributed by atoms with Crippen LogP contribution in [0.4, 0.5) is 0 Å². The number of carbonyl (C=O) groups is 1. The van der Waals surface area contributed by atoms with Crippen LogP contribution >= 0.6 is 0 Å². The molecule has 0 bridgehead atoms. The first-order valence-corrected chi connectivity index (χ1v) is 10.9. The van der Waals surface area contributed by atoms with E-state index >= 15 is 0 Å². The summed E-state index contributed by atoms with van der Waals surface area (Å²) >= 11 is 0. The van der Waals surface area contributed by atoms with E-state index in [1.54, 1.807) is 13.2 Å². The largest absolute Gasteiger partial charge is 0.505 e. The van der Waals surface area contributed by atoms with Crippen LogP contribution in [0, 0.1) is 0 Å². The minimum atomic E-state index is -0.268. The number of benzene rings is 2. The molecule has 1 heterocycles. The molecule has 1 amide bonds. The van der Waals surface area contributed by atoms with Crippen molar-refractivity contribution in [1.29, 1.82) is 0 Å². The van der Waals surface area contributed by atoms with Gasteiger partial charge in [0.1, 0.15) is 11.3 Å². The zero-order valence-corrected chi connectivity index (χ0v) is 18.2. The minimum Gasteiger partial charge on any atom is -0.505 e. The average Bonchev–Trinajstić information content (AvgIpc) is 2.80. The summed E-state index contributed by atoms with van der Waals surface area (Å²) in [5.74, 6) is 0.453. The first-order valence-electron chi connectivity index (χ1n) is 10.9. The van der Waals surface area contributed by atoms with Gasteiger partial charge in [0, 0.05) is 11.9 Å². The number of rotatable bonds is 10. The number of phenols is 1. The lowest BCUT2D eigenvalue weighted by molar-refractivity contribution is 0.0950. The summed E-state index contributed by atoms with van der Waals surface area (Å²) in [4.78, 5) is 17.1. The predicted molar refractivity (Wildman–Crippen MR) is 126 cm³/mol. The Hall–Kier alpha value is -3.34. The van der Waals surface area contributed by atoms with Gasteiger partial charge in [-0.25, -0.2) is 4.98 Å². The molecule has 0 saturated heterocycles. The van der Waals surface area contributed by atoms with Crippen LogP contribution in [0.3, 0.4) is 0 Å². The van der Waals surface area contributed by atoms with Crippen molar-refractivity contribution < 1.29 is 14.6 Å². The summed E-state index contributed by atoms with van der Waals surface area (Å²) < 4.78 is 5.17. The summed E-state index contributed by atoms with van der Waals surface area (Å²) in [7, 11) is 1.64. The van der Waals surface area contributed by atoms with Crippen molar-refractivity contribution in [2.24, 2.45) is 0 Å². The number of phenolic OH excluding ortho intramolecular Hbond substituents is 1. The number of aromatic nitrogens is 1. The van der Waals surface area contributed by atoms with Crippen molar-refractivity contribution in [3.63, 3.8) is 0 Å². The van der Waals surface area contributed by atoms with Crippen molar-refractivity contribution >= 4 is 29.0 Å². The lowest BCUT2D eigenvalue weighted by atomic mass is 10.1. The Balaban J connectivity index is 1.71. The van der Waals surface area contributed by atoms with E-state index in [1.807, 2.05) is 54.6 Å². The Kier molecular flexibility index (Phi) is 8.05. The second kappa shape index (κ2) is 11.2. The number of unbranched alkanes of at least 4 members (excludes halogenated alkanes) is 4. The monoisotopic (exact) mass is 418 g/mol. The molecule has 0 fully saturated rings. The molecular formula is C26H30N2O3. The second-order valence-electron chi connectivity index (χ2n) is 7.55. The van der Waals surface area contributed by atoms with Crippen LogP contribution in [0.5, 0.6) is 11.5 Å². The van der Waals surface area contributed by atoms with Gasteiger partial charge in [-0.2, -0.15) is 0 Å². The van der Waals surface area contributed by atoms with Gasteiger partial charge < -0.3 is 15.2 Å². The van der Waals surface area contributed by atoms with Crippen LogP contribution in [0.2, 0.25) is 0 Å². The molecule has 0 radical (unpaired) electrons. The van der Waals surface area contributed by atoms with Crippen LogP contribution in [-0.4, -0.2) is 29.7 Å². The predicted octanol–water partition coefficient (Wildman–Crippen LogP) is 5.82. The number of nitrogens with one attached hydrogen (secondary N) is 1. The van der Waals surface area contributed by atoms with E-state index in [4.69, 9.17) is 4.74 Å². The van der Waals surface area contributed by atoms with Crippen LogP contribution in [0.15, 0.2) is 48.5 Å². The molecule has 5 heteroatoms. The first-order chi connectivity index (χ1) is 15.1. The van der Waals surface area contributed by atoms with Gasteiger partial charge in [-0.15, -0.1) is 0 Å². The summed E-state index contributed by atoms with van der Waals surface area (Å²) in [6.45, 7) is 2.79. The molecule has 2 N–H and O–H groups in total. The maximum absolute atomic E-state index is 12.5. The number of fused-ring (bicyclic) bond motifs is 1. The van der Waals surface area contributed by atoms with Gasteiger partial charge in [-0.3, -0.25) is 4.79 Å². The molecule has 31 heavy (non-hydrogen) atoms. The number of pyridine rings is 1. The maximum Gasteiger partial charge on any atom is 0.255 e. The van der Waals surface area contributed by atoms with Crippen LogP contribution in [0.1, 0.15) is 60.6 Å². The highest BCUT2D eigenvalue weighted by Crippen LogP contribution is 2.28. The zero-order chi connectivity index (χ0) is 22.1. The summed E-state index contributed by atoms with van der Waals surface area (Å²) in [6, 6.07) is 15.0. The smallest absolute Gasteiger partial charge is 0.255 e. The molecule has 2 aromatic carbocycles. The summed E-state index contributed by atoms with van der Waals surface area (Å²) in [6.07, 6.45) is 9.47. The molecule has 0 atom stereocenters. The number of carbonyl (C=O) groups excluding carboxylic acids is 1. The fraction of sp³-hybridized carbons (Fsp3) is 0.308. The van der Waals surface area contributed by atoms with Gasteiger partial charge in [0.05, 0.1) is 18.4 Å². The molecule has 162 valence electrons. The molecule has 0 aliphatic carbocycles. The quantitative estimate of drug-likeness (QED) is 0.407. The van der Waals surface area contributed by atoms with E-state index in [-0.39, 0.29) is 17.2 Å². The molecule has 0 aliphatic rings. The van der Waals surface area contributed by atoms with E-state index in [0.29, 0.717) is 17.8 Å². The fourth-order valence-electron chi connectivity index (χ4n) is 3.39. The topological polar surface area (TPSA) is 71.5 Å². The van der Waals surface area contributed by atoms with Crippen LogP contribution in [0.25, 0.3) is 23.1 Å². The summed E-state index contributed by atoms with van der Waals surface area (Å²) in [5.41, 5.74) is 2.39. The van der Waals surface area contributed by atoms with Gasteiger partial charge in [0.15, 0.2) is 5.75 Å². The third kappa shape index (κ3) is 6.07. The van der Waals surface area contributed by atoms with Crippen molar-refractivity contribution in [1.82, 2.24) is 10.3 Å². The van der Waals surface area contributed by atoms with Crippen LogP contribution < -0.4 is 10.1 Å². The van der Waals surface area contributed by atoms with Crippen molar-refractivity contribution in [2.75, 3.05) is 13.7 Å². The highest BCUT2D eigenvalue weighted by molar-refractivity contribution is 6.02. The van der Waals surface area contributed by atoms with E-state index < -0.39 is 0 Å². The maximum atomic E-state index is 12.5. The second-order valence-corrected chi connectivity index (χ2v) is 7.55. The fourth-order valence-corrected chi connectivity index (χ4v) is 3.39. The van der Waals surface area contributed by atoms with E-state index in [9.17, 15) is 9.90 Å². The Morgan fingerprint density at radius 2 is 1.74 bits per heavy atom. The van der Waals surface area contributed by atoms with E-state index in [1.165, 1.54) is 19.3 Å². The van der Waals surface area contributed by atoms with Gasteiger partial charge in [0.25, 0.3) is 5.91 Å². The lowest BCUT2D eigenvalue weighted by Gasteiger charge is -2.09. The molecule has 1 aromatic heterocycles. The first kappa shape index (κ1) is 22.3. The molecule has 0 aliphatic heterocycles. The third-order valence-corrected chi connectivity index (χ3v) is 5.23. The Morgan fingerprint density at radius 3 is 2.48 bits per heavy atom. The molecular weight excluding hydrogens is 388 g/mol. The number of hydrogen-bond donors (Lipinski definition) is 2. The van der Waals surface area contributed by atoms with Gasteiger partial charge in [-0.1, -0.05) is 62.9 Å². The van der Waals surface area contributed by atoms with E-state index in [2.05, 4.69) is 17.2 Å². The number of hydrogen-bond acceptors (Lipinski definition) is 4. The minimum absolute atomic E-state index is 0.0827. The number of ether oxygens (including phenoxy) is 1. The number of aromatic hydroxyl groups is 1. The van der Waals surface area contributed by atoms with Crippen molar-refractivity contribution in [3.8, 4) is 11.5 Å². The highest BCUT2D eigenvalue weighted by Gasteiger charge is 2.14. The standard InChI is InChI=1S/C26H30N2O3/c1-3-4-5-6-7-18-27-26(30)23-17-12-20-11-14-21(28-24(20)25(23)29)13-8-19-9-15-22(31-2)16-10-19/h8-17,29H,3-7,18H2,1-2H3,(H,27,30). The SMILES string of the molecule is CCCCCCCNC(=O)c1ccc2ccc(C=Cc3ccc(OC)cc3)nc2c1O. The molecule has 0 unspecified atom stereocenters. The number of methoxy groups -OCH3 is 1. The van der Waals surface area contributed by atoms with Crippen molar-refractivity contribution in [3.05, 3.63) is 65.4 Å². The molecule has 3 rings (SSSR count). The molecule has 5 nitrogen and oxygen atoms in total. The highest BCUT2D eigenvalue weighted by atomic mass is 16.5. The Bertz CT molecular complexity index is 1040. The number of nitrogens with zero attached hydrogens (tertiary/aromatic N) is 1. The van der Waals surface area contributed by atoms with Crippen molar-refractivity contribution in [2.45, 2.75) is 39.0 Å². The van der Waals surface area contributed by atoms with Crippen LogP contribution in [-0.2, 0) is 0 Å². The van der Waals surface area contributed by atoms with Gasteiger partial charge in [-0.05, 0) is 42.3 Å². The van der Waals surface area contributed by atoms with Gasteiger partial charge >= 0.3 is 0 Å². The number of amides is 1. The average molecular weight is 419 g/mol. The van der Waals surface area contributed by atoms with Gasteiger partial charge in [0.2, 0.25) is 0 Å². The summed E-state index contributed by atoms with van der Waals surface area (Å²) in [5, 5.41) is 14.4. The van der Waals surface area contributed by atoms with E-state index in [0.717, 1.165) is 29.5 Å². The normalized spacial score (nSPS) is 11.2. The lowest BCUT2D eigenvalue weighted by Crippen LogP contribution is -2.24. The molecule has 0 spiro atoms. The Morgan fingerprint density at radius 1 is 1.00 bits per heavy atom. The molecule has 3 aromatic rings. The Labute approximate surface area is 183 Å².